The Kier molecular flexibility index (Phi) is 3.79. The van der Waals surface area contributed by atoms with Crippen molar-refractivity contribution in [3.05, 3.63) is 60.2 Å². The SMILES string of the molecule is CSc1ccc(NC(c2ccccc2)C2CC2)cc1. The molecular weight excluding hydrogens is 250 g/mol. The summed E-state index contributed by atoms with van der Waals surface area (Å²) in [5, 5.41) is 3.70. The van der Waals surface area contributed by atoms with Crippen LogP contribution in [0.2, 0.25) is 0 Å². The monoisotopic (exact) mass is 269 g/mol. The minimum absolute atomic E-state index is 0.460. The maximum absolute atomic E-state index is 3.70. The van der Waals surface area contributed by atoms with Gasteiger partial charge in [-0.25, -0.2) is 0 Å². The Balaban J connectivity index is 1.78. The number of hydrogen-bond acceptors (Lipinski definition) is 2. The number of anilines is 1. The Hall–Kier alpha value is -1.41. The van der Waals surface area contributed by atoms with E-state index in [1.807, 2.05) is 0 Å². The van der Waals surface area contributed by atoms with Gasteiger partial charge in [0.15, 0.2) is 0 Å². The molecule has 0 spiro atoms. The minimum atomic E-state index is 0.460. The van der Waals surface area contributed by atoms with E-state index in [1.54, 1.807) is 11.8 Å². The summed E-state index contributed by atoms with van der Waals surface area (Å²) < 4.78 is 0. The molecule has 3 rings (SSSR count). The summed E-state index contributed by atoms with van der Waals surface area (Å²) in [4.78, 5) is 1.31. The first kappa shape index (κ1) is 12.6. The van der Waals surface area contributed by atoms with E-state index in [1.165, 1.54) is 29.0 Å². The van der Waals surface area contributed by atoms with Crippen molar-refractivity contribution >= 4 is 17.4 Å². The van der Waals surface area contributed by atoms with Crippen molar-refractivity contribution in [2.75, 3.05) is 11.6 Å². The van der Waals surface area contributed by atoms with Gasteiger partial charge in [-0.3, -0.25) is 0 Å². The summed E-state index contributed by atoms with van der Waals surface area (Å²) in [5.74, 6) is 0.794. The molecule has 98 valence electrons. The molecule has 2 heteroatoms. The van der Waals surface area contributed by atoms with Gasteiger partial charge in [-0.05, 0) is 54.8 Å². The van der Waals surface area contributed by atoms with Gasteiger partial charge in [0.2, 0.25) is 0 Å². The molecule has 0 aliphatic heterocycles. The molecule has 1 nitrogen and oxygen atoms in total. The number of thioether (sulfide) groups is 1. The van der Waals surface area contributed by atoms with Crippen LogP contribution in [0.5, 0.6) is 0 Å². The van der Waals surface area contributed by atoms with Crippen LogP contribution in [0.3, 0.4) is 0 Å². The standard InChI is InChI=1S/C17H19NS/c1-19-16-11-9-15(10-12-16)18-17(14-7-8-14)13-5-3-2-4-6-13/h2-6,9-12,14,17-18H,7-8H2,1H3. The Bertz CT molecular complexity index is 517. The first-order valence-corrected chi connectivity index (χ1v) is 8.05. The van der Waals surface area contributed by atoms with Crippen LogP contribution in [0, 0.1) is 5.92 Å². The van der Waals surface area contributed by atoms with Crippen LogP contribution in [0.1, 0.15) is 24.4 Å². The van der Waals surface area contributed by atoms with Crippen molar-refractivity contribution in [2.45, 2.75) is 23.8 Å². The van der Waals surface area contributed by atoms with Crippen LogP contribution in [0.15, 0.2) is 59.5 Å². The van der Waals surface area contributed by atoms with E-state index >= 15 is 0 Å². The van der Waals surface area contributed by atoms with Gasteiger partial charge in [0.25, 0.3) is 0 Å². The van der Waals surface area contributed by atoms with E-state index in [0.29, 0.717) is 6.04 Å². The summed E-state index contributed by atoms with van der Waals surface area (Å²) in [6, 6.07) is 20.0. The van der Waals surface area contributed by atoms with Gasteiger partial charge in [0.1, 0.15) is 0 Å². The first-order chi connectivity index (χ1) is 9.36. The van der Waals surface area contributed by atoms with Gasteiger partial charge in [0.05, 0.1) is 6.04 Å². The van der Waals surface area contributed by atoms with Crippen LogP contribution in [0.4, 0.5) is 5.69 Å². The smallest absolute Gasteiger partial charge is 0.0542 e. The van der Waals surface area contributed by atoms with Crippen molar-refractivity contribution in [1.82, 2.24) is 0 Å². The second-order valence-corrected chi connectivity index (χ2v) is 5.98. The Morgan fingerprint density at radius 3 is 2.26 bits per heavy atom. The van der Waals surface area contributed by atoms with Gasteiger partial charge >= 0.3 is 0 Å². The third-order valence-electron chi connectivity index (χ3n) is 3.66. The lowest BCUT2D eigenvalue weighted by Crippen LogP contribution is -2.12. The number of rotatable bonds is 5. The Labute approximate surface area is 119 Å². The predicted octanol–water partition coefficient (Wildman–Crippen LogP) is 4.97. The molecule has 0 aromatic heterocycles. The van der Waals surface area contributed by atoms with E-state index in [4.69, 9.17) is 0 Å². The van der Waals surface area contributed by atoms with Crippen molar-refractivity contribution in [2.24, 2.45) is 5.92 Å². The molecule has 1 aliphatic rings. The van der Waals surface area contributed by atoms with Crippen molar-refractivity contribution < 1.29 is 0 Å². The quantitative estimate of drug-likeness (QED) is 0.769. The second-order valence-electron chi connectivity index (χ2n) is 5.10. The zero-order chi connectivity index (χ0) is 13.1. The van der Waals surface area contributed by atoms with E-state index in [2.05, 4.69) is 66.2 Å². The molecule has 1 aliphatic carbocycles. The molecule has 1 N–H and O–H groups in total. The summed E-state index contributed by atoms with van der Waals surface area (Å²) in [6.07, 6.45) is 4.80. The lowest BCUT2D eigenvalue weighted by atomic mass is 10.0. The molecule has 0 radical (unpaired) electrons. The zero-order valence-electron chi connectivity index (χ0n) is 11.2. The normalized spacial score (nSPS) is 16.1. The molecular formula is C17H19NS. The molecule has 2 aromatic carbocycles. The number of benzene rings is 2. The fraction of sp³-hybridized carbons (Fsp3) is 0.294. The van der Waals surface area contributed by atoms with Gasteiger partial charge in [0, 0.05) is 10.6 Å². The molecule has 2 aromatic rings. The molecule has 1 atom stereocenters. The third kappa shape index (κ3) is 3.13. The van der Waals surface area contributed by atoms with Crippen LogP contribution < -0.4 is 5.32 Å². The zero-order valence-corrected chi connectivity index (χ0v) is 12.0. The molecule has 1 saturated carbocycles. The minimum Gasteiger partial charge on any atom is -0.378 e. The second kappa shape index (κ2) is 5.70. The summed E-state index contributed by atoms with van der Waals surface area (Å²) in [6.45, 7) is 0. The molecule has 0 amide bonds. The number of nitrogens with one attached hydrogen (secondary N) is 1. The number of hydrogen-bond donors (Lipinski definition) is 1. The largest absolute Gasteiger partial charge is 0.378 e. The van der Waals surface area contributed by atoms with Crippen molar-refractivity contribution in [1.29, 1.82) is 0 Å². The van der Waals surface area contributed by atoms with Crippen LogP contribution in [0.25, 0.3) is 0 Å². The highest BCUT2D eigenvalue weighted by Crippen LogP contribution is 2.42. The van der Waals surface area contributed by atoms with Crippen LogP contribution in [-0.4, -0.2) is 6.26 Å². The maximum Gasteiger partial charge on any atom is 0.0542 e. The Morgan fingerprint density at radius 2 is 1.68 bits per heavy atom. The topological polar surface area (TPSA) is 12.0 Å². The average molecular weight is 269 g/mol. The third-order valence-corrected chi connectivity index (χ3v) is 4.41. The van der Waals surface area contributed by atoms with E-state index in [9.17, 15) is 0 Å². The van der Waals surface area contributed by atoms with Crippen molar-refractivity contribution in [3.63, 3.8) is 0 Å². The average Bonchev–Trinajstić information content (AvgIpc) is 3.31. The van der Waals surface area contributed by atoms with Crippen LogP contribution in [-0.2, 0) is 0 Å². The van der Waals surface area contributed by atoms with E-state index in [-0.39, 0.29) is 0 Å². The summed E-state index contributed by atoms with van der Waals surface area (Å²) >= 11 is 1.78. The van der Waals surface area contributed by atoms with Crippen LogP contribution >= 0.6 is 11.8 Å². The lowest BCUT2D eigenvalue weighted by Gasteiger charge is -2.20. The summed E-state index contributed by atoms with van der Waals surface area (Å²) in [7, 11) is 0. The molecule has 0 bridgehead atoms. The first-order valence-electron chi connectivity index (χ1n) is 6.82. The molecule has 0 saturated heterocycles. The van der Waals surface area contributed by atoms with E-state index in [0.717, 1.165) is 5.92 Å². The highest BCUT2D eigenvalue weighted by atomic mass is 32.2. The predicted molar refractivity (Wildman–Crippen MR) is 83.8 cm³/mol. The molecule has 0 heterocycles. The molecule has 19 heavy (non-hydrogen) atoms. The van der Waals surface area contributed by atoms with Gasteiger partial charge in [-0.2, -0.15) is 0 Å². The van der Waals surface area contributed by atoms with E-state index < -0.39 is 0 Å². The maximum atomic E-state index is 3.70. The molecule has 1 unspecified atom stereocenters. The van der Waals surface area contributed by atoms with Crippen molar-refractivity contribution in [3.8, 4) is 0 Å². The highest BCUT2D eigenvalue weighted by molar-refractivity contribution is 7.98. The van der Waals surface area contributed by atoms with Gasteiger partial charge in [-0.1, -0.05) is 30.3 Å². The van der Waals surface area contributed by atoms with Gasteiger partial charge in [-0.15, -0.1) is 11.8 Å². The fourth-order valence-electron chi connectivity index (χ4n) is 2.43. The van der Waals surface area contributed by atoms with Gasteiger partial charge < -0.3 is 5.32 Å². The lowest BCUT2D eigenvalue weighted by molar-refractivity contribution is 0.679. The Morgan fingerprint density at radius 1 is 1.00 bits per heavy atom. The fourth-order valence-corrected chi connectivity index (χ4v) is 2.84. The molecule has 1 fully saturated rings. The summed E-state index contributed by atoms with van der Waals surface area (Å²) in [5.41, 5.74) is 2.62. The highest BCUT2D eigenvalue weighted by Gasteiger charge is 2.32.